The molecule has 0 fully saturated rings. The van der Waals surface area contributed by atoms with E-state index in [2.05, 4.69) is 5.32 Å². The van der Waals surface area contributed by atoms with Gasteiger partial charge in [0.1, 0.15) is 17.1 Å². The number of esters is 1. The van der Waals surface area contributed by atoms with Crippen molar-refractivity contribution in [3.8, 4) is 11.5 Å². The maximum absolute atomic E-state index is 12.9. The van der Waals surface area contributed by atoms with Crippen LogP contribution >= 0.6 is 0 Å². The van der Waals surface area contributed by atoms with Crippen molar-refractivity contribution in [3.05, 3.63) is 95.6 Å². The van der Waals surface area contributed by atoms with E-state index >= 15 is 0 Å². The highest BCUT2D eigenvalue weighted by atomic mass is 16.6. The fraction of sp³-hybridized carbons (Fsp3) is 0.200. The quantitative estimate of drug-likeness (QED) is 0.555. The van der Waals surface area contributed by atoms with Crippen LogP contribution in [0.1, 0.15) is 34.5 Å². The van der Waals surface area contributed by atoms with Gasteiger partial charge >= 0.3 is 5.97 Å². The Balaban J connectivity index is 1.78. The maximum atomic E-state index is 12.9. The normalized spacial score (nSPS) is 11.5. The van der Waals surface area contributed by atoms with Crippen molar-refractivity contribution < 1.29 is 23.8 Å². The number of rotatable bonds is 8. The number of nitrogens with one attached hydrogen (secondary N) is 1. The lowest BCUT2D eigenvalue weighted by molar-refractivity contribution is -0.129. The third-order valence-corrected chi connectivity index (χ3v) is 4.84. The van der Waals surface area contributed by atoms with Crippen molar-refractivity contribution in [1.29, 1.82) is 0 Å². The summed E-state index contributed by atoms with van der Waals surface area (Å²) in [6.07, 6.45) is -1.03. The highest BCUT2D eigenvalue weighted by molar-refractivity contribution is 5.97. The summed E-state index contributed by atoms with van der Waals surface area (Å²) in [6.45, 7) is 1.53. The summed E-state index contributed by atoms with van der Waals surface area (Å²) < 4.78 is 15.9. The number of benzene rings is 3. The van der Waals surface area contributed by atoms with Crippen LogP contribution in [-0.2, 0) is 9.53 Å². The molecular formula is C25H25NO5. The number of carbonyl (C=O) groups excluding carboxylic acids is 2. The zero-order chi connectivity index (χ0) is 22.2. The molecule has 0 unspecified atom stereocenters. The van der Waals surface area contributed by atoms with Crippen LogP contribution in [0.2, 0.25) is 0 Å². The fourth-order valence-electron chi connectivity index (χ4n) is 3.24. The number of amides is 1. The van der Waals surface area contributed by atoms with Crippen LogP contribution in [0.5, 0.6) is 11.5 Å². The Hall–Kier alpha value is -3.80. The second kappa shape index (κ2) is 10.3. The molecule has 31 heavy (non-hydrogen) atoms. The molecule has 1 amide bonds. The van der Waals surface area contributed by atoms with Gasteiger partial charge < -0.3 is 19.5 Å². The predicted molar refractivity (Wildman–Crippen MR) is 117 cm³/mol. The van der Waals surface area contributed by atoms with Gasteiger partial charge in [-0.25, -0.2) is 4.79 Å². The van der Waals surface area contributed by atoms with Gasteiger partial charge in [-0.3, -0.25) is 4.79 Å². The Bertz CT molecular complexity index is 959. The van der Waals surface area contributed by atoms with Crippen LogP contribution in [-0.4, -0.2) is 32.2 Å². The molecule has 3 rings (SSSR count). The van der Waals surface area contributed by atoms with Crippen LogP contribution in [0, 0.1) is 0 Å². The predicted octanol–water partition coefficient (Wildman–Crippen LogP) is 4.15. The number of hydrogen-bond donors (Lipinski definition) is 1. The first kappa shape index (κ1) is 21.9. The van der Waals surface area contributed by atoms with Gasteiger partial charge in [-0.15, -0.1) is 0 Å². The smallest absolute Gasteiger partial charge is 0.346 e. The molecule has 0 saturated carbocycles. The first-order valence-corrected chi connectivity index (χ1v) is 9.87. The molecule has 0 aliphatic carbocycles. The first-order chi connectivity index (χ1) is 15.0. The van der Waals surface area contributed by atoms with E-state index in [1.54, 1.807) is 18.2 Å². The van der Waals surface area contributed by atoms with E-state index in [1.165, 1.54) is 21.1 Å². The molecule has 0 bridgehead atoms. The molecular weight excluding hydrogens is 394 g/mol. The number of ether oxygens (including phenoxy) is 3. The summed E-state index contributed by atoms with van der Waals surface area (Å²) in [5.74, 6) is -0.500. The Morgan fingerprint density at radius 1 is 0.742 bits per heavy atom. The summed E-state index contributed by atoms with van der Waals surface area (Å²) >= 11 is 0. The Kier molecular flexibility index (Phi) is 7.27. The minimum absolute atomic E-state index is 0.134. The van der Waals surface area contributed by atoms with Crippen LogP contribution < -0.4 is 14.8 Å². The van der Waals surface area contributed by atoms with Gasteiger partial charge in [0.15, 0.2) is 6.10 Å². The van der Waals surface area contributed by atoms with Crippen molar-refractivity contribution in [2.24, 2.45) is 0 Å². The third-order valence-electron chi connectivity index (χ3n) is 4.84. The molecule has 0 saturated heterocycles. The summed E-state index contributed by atoms with van der Waals surface area (Å²) in [5.41, 5.74) is 1.98. The second-order valence-electron chi connectivity index (χ2n) is 6.85. The monoisotopic (exact) mass is 419 g/mol. The first-order valence-electron chi connectivity index (χ1n) is 9.87. The Morgan fingerprint density at radius 2 is 1.23 bits per heavy atom. The molecule has 0 aliphatic heterocycles. The van der Waals surface area contributed by atoms with Crippen LogP contribution in [0.25, 0.3) is 0 Å². The lowest BCUT2D eigenvalue weighted by Crippen LogP contribution is -2.38. The molecule has 3 aromatic rings. The molecule has 3 aromatic carbocycles. The molecule has 1 N–H and O–H groups in total. The van der Waals surface area contributed by atoms with Gasteiger partial charge in [-0.1, -0.05) is 66.7 Å². The van der Waals surface area contributed by atoms with E-state index in [0.29, 0.717) is 11.5 Å². The zero-order valence-electron chi connectivity index (χ0n) is 17.7. The molecule has 0 aromatic heterocycles. The van der Waals surface area contributed by atoms with Crippen LogP contribution in [0.4, 0.5) is 0 Å². The highest BCUT2D eigenvalue weighted by Gasteiger charge is 2.26. The lowest BCUT2D eigenvalue weighted by Gasteiger charge is -2.22. The number of hydrogen-bond acceptors (Lipinski definition) is 5. The average molecular weight is 419 g/mol. The van der Waals surface area contributed by atoms with Gasteiger partial charge in [0, 0.05) is 0 Å². The van der Waals surface area contributed by atoms with Crippen LogP contribution in [0.3, 0.4) is 0 Å². The molecule has 6 heteroatoms. The third kappa shape index (κ3) is 5.22. The molecule has 0 heterocycles. The summed E-state index contributed by atoms with van der Waals surface area (Å²) in [4.78, 5) is 25.7. The Morgan fingerprint density at radius 3 is 1.68 bits per heavy atom. The number of carbonyl (C=O) groups is 2. The topological polar surface area (TPSA) is 73.9 Å². The SMILES string of the molecule is COc1cccc(OC)c1C(=O)O[C@@H](C)C(=O)NC(c1ccccc1)c1ccccc1. The van der Waals surface area contributed by atoms with Gasteiger partial charge in [0.25, 0.3) is 5.91 Å². The number of methoxy groups -OCH3 is 2. The summed E-state index contributed by atoms with van der Waals surface area (Å²) in [6, 6.07) is 23.8. The van der Waals surface area contributed by atoms with E-state index in [9.17, 15) is 9.59 Å². The van der Waals surface area contributed by atoms with E-state index in [-0.39, 0.29) is 11.6 Å². The lowest BCUT2D eigenvalue weighted by atomic mass is 9.98. The molecule has 6 nitrogen and oxygen atoms in total. The maximum Gasteiger partial charge on any atom is 0.346 e. The minimum Gasteiger partial charge on any atom is -0.496 e. The molecule has 0 radical (unpaired) electrons. The van der Waals surface area contributed by atoms with Crippen molar-refractivity contribution in [2.75, 3.05) is 14.2 Å². The largest absolute Gasteiger partial charge is 0.496 e. The van der Waals surface area contributed by atoms with E-state index in [0.717, 1.165) is 11.1 Å². The van der Waals surface area contributed by atoms with E-state index in [1.807, 2.05) is 60.7 Å². The molecule has 1 atom stereocenters. The minimum atomic E-state index is -1.03. The van der Waals surface area contributed by atoms with E-state index < -0.39 is 18.0 Å². The standard InChI is InChI=1S/C25H25NO5/c1-17(31-25(28)22-20(29-2)15-10-16-21(22)30-3)24(27)26-23(18-11-6-4-7-12-18)19-13-8-5-9-14-19/h4-17,23H,1-3H3,(H,26,27)/t17-/m0/s1. The van der Waals surface area contributed by atoms with Gasteiger partial charge in [-0.05, 0) is 30.2 Å². The van der Waals surface area contributed by atoms with Crippen molar-refractivity contribution in [1.82, 2.24) is 5.32 Å². The van der Waals surface area contributed by atoms with Gasteiger partial charge in [0.05, 0.1) is 20.3 Å². The second-order valence-corrected chi connectivity index (χ2v) is 6.85. The van der Waals surface area contributed by atoms with E-state index in [4.69, 9.17) is 14.2 Å². The molecule has 0 aliphatic rings. The highest BCUT2D eigenvalue weighted by Crippen LogP contribution is 2.29. The zero-order valence-corrected chi connectivity index (χ0v) is 17.7. The summed E-state index contributed by atoms with van der Waals surface area (Å²) in [5, 5.41) is 2.98. The van der Waals surface area contributed by atoms with Crippen molar-refractivity contribution in [3.63, 3.8) is 0 Å². The fourth-order valence-corrected chi connectivity index (χ4v) is 3.24. The van der Waals surface area contributed by atoms with Crippen molar-refractivity contribution >= 4 is 11.9 Å². The Labute approximate surface area is 181 Å². The van der Waals surface area contributed by atoms with Crippen molar-refractivity contribution in [2.45, 2.75) is 19.1 Å². The van der Waals surface area contributed by atoms with Crippen LogP contribution in [0.15, 0.2) is 78.9 Å². The van der Waals surface area contributed by atoms with Gasteiger partial charge in [-0.2, -0.15) is 0 Å². The van der Waals surface area contributed by atoms with Gasteiger partial charge in [0.2, 0.25) is 0 Å². The molecule has 160 valence electrons. The molecule has 0 spiro atoms. The summed E-state index contributed by atoms with van der Waals surface area (Å²) in [7, 11) is 2.90. The average Bonchev–Trinajstić information content (AvgIpc) is 2.82.